The Bertz CT molecular complexity index is 3410. The average Bonchev–Trinajstić information content (AvgIpc) is 3.76. The molecular formula is C78H82O17. The average molecular weight is 1290 g/mol. The first kappa shape index (κ1) is 78.1. The number of esters is 7. The van der Waals surface area contributed by atoms with Gasteiger partial charge in [0, 0.05) is 62.0 Å². The molecule has 0 aromatic heterocycles. The van der Waals surface area contributed by atoms with Crippen LogP contribution in [0, 0.1) is 0 Å². The zero-order valence-electron chi connectivity index (χ0n) is 53.4. The Morgan fingerprint density at radius 1 is 0.305 bits per heavy atom. The molecule has 0 saturated heterocycles. The van der Waals surface area contributed by atoms with E-state index < -0.39 is 54.1 Å². The van der Waals surface area contributed by atoms with Gasteiger partial charge in [0.15, 0.2) is 0 Å². The van der Waals surface area contributed by atoms with E-state index in [-0.39, 0.29) is 52.2 Å². The molecule has 17 heteroatoms. The summed E-state index contributed by atoms with van der Waals surface area (Å²) in [6, 6.07) is 66.3. The minimum Gasteiger partial charge on any atom is -0.462 e. The summed E-state index contributed by atoms with van der Waals surface area (Å²) in [4.78, 5) is 79.8. The molecule has 3 atom stereocenters. The third-order valence-electron chi connectivity index (χ3n) is 11.6. The summed E-state index contributed by atoms with van der Waals surface area (Å²) in [6.07, 6.45) is 20.6. The van der Waals surface area contributed by atoms with Crippen LogP contribution < -0.4 is 0 Å². The highest BCUT2D eigenvalue weighted by Gasteiger charge is 2.10. The van der Waals surface area contributed by atoms with Gasteiger partial charge in [-0.05, 0) is 102 Å². The molecule has 0 aliphatic heterocycles. The molecule has 7 aromatic carbocycles. The quantitative estimate of drug-likeness (QED) is 0.0179. The van der Waals surface area contributed by atoms with Crippen LogP contribution in [0.3, 0.4) is 0 Å². The molecule has 0 aliphatic carbocycles. The summed E-state index contributed by atoms with van der Waals surface area (Å²) < 4.78 is 34.7. The van der Waals surface area contributed by atoms with Gasteiger partial charge in [0.1, 0.15) is 25.4 Å². The highest BCUT2D eigenvalue weighted by atomic mass is 16.6. The molecule has 496 valence electrons. The largest absolute Gasteiger partial charge is 0.462 e. The first-order chi connectivity index (χ1) is 46.1. The smallest absolute Gasteiger partial charge is 0.331 e. The van der Waals surface area contributed by atoms with Crippen molar-refractivity contribution in [2.75, 3.05) is 46.2 Å². The molecule has 0 spiro atoms. The maximum atomic E-state index is 11.7. The van der Waals surface area contributed by atoms with Crippen molar-refractivity contribution in [2.45, 2.75) is 51.9 Å². The number of ether oxygens (including phenoxy) is 7. The van der Waals surface area contributed by atoms with Crippen molar-refractivity contribution in [2.24, 2.45) is 0 Å². The molecule has 0 amide bonds. The van der Waals surface area contributed by atoms with Gasteiger partial charge in [-0.2, -0.15) is 0 Å². The lowest BCUT2D eigenvalue weighted by Crippen LogP contribution is -2.20. The second-order valence-corrected chi connectivity index (χ2v) is 19.9. The predicted molar refractivity (Wildman–Crippen MR) is 369 cm³/mol. The lowest BCUT2D eigenvalue weighted by Gasteiger charge is -2.11. The molecule has 17 nitrogen and oxygen atoms in total. The Morgan fingerprint density at radius 2 is 0.526 bits per heavy atom. The monoisotopic (exact) mass is 1290 g/mol. The Hall–Kier alpha value is -11.1. The van der Waals surface area contributed by atoms with Crippen LogP contribution in [0.4, 0.5) is 0 Å². The molecule has 0 heterocycles. The zero-order chi connectivity index (χ0) is 68.8. The lowest BCUT2D eigenvalue weighted by molar-refractivity contribution is -0.151. The number of hydrogen-bond acceptors (Lipinski definition) is 17. The maximum absolute atomic E-state index is 11.7. The summed E-state index contributed by atoms with van der Waals surface area (Å²) >= 11 is 0. The van der Waals surface area contributed by atoms with Crippen LogP contribution in [0.1, 0.15) is 72.6 Å². The van der Waals surface area contributed by atoms with E-state index in [1.807, 2.05) is 212 Å². The van der Waals surface area contributed by atoms with Gasteiger partial charge in [0.25, 0.3) is 0 Å². The number of aliphatic hydroxyl groups is 3. The third-order valence-corrected chi connectivity index (χ3v) is 11.6. The van der Waals surface area contributed by atoms with Crippen molar-refractivity contribution >= 4 is 84.3 Å². The van der Waals surface area contributed by atoms with Gasteiger partial charge in [-0.3, -0.25) is 0 Å². The first-order valence-electron chi connectivity index (χ1n) is 30.4. The SMILES string of the molecule is CC(CO)OC(=O)/C=C/c1ccccc1.CC(COC(=O)/C=C/c1ccccc1)OC(=O)/C=C/c1ccccc1.CC(O)COC(=O)/C=C/c1ccccc1.O=C(/C=C/c1ccccc1)OCCCO.O=C(/C=C/c1ccccc1)OCCCOC(=O)/C=C/c1ccccc1. The Kier molecular flexibility index (Phi) is 41.6. The van der Waals surface area contributed by atoms with Crippen molar-refractivity contribution in [3.63, 3.8) is 0 Å². The van der Waals surface area contributed by atoms with Crippen LogP contribution in [0.2, 0.25) is 0 Å². The van der Waals surface area contributed by atoms with E-state index >= 15 is 0 Å². The molecule has 0 bridgehead atoms. The van der Waals surface area contributed by atoms with Gasteiger partial charge < -0.3 is 48.5 Å². The molecule has 0 saturated carbocycles. The van der Waals surface area contributed by atoms with Crippen molar-refractivity contribution in [3.8, 4) is 0 Å². The van der Waals surface area contributed by atoms with Gasteiger partial charge in [-0.1, -0.05) is 212 Å². The summed E-state index contributed by atoms with van der Waals surface area (Å²) in [5.41, 5.74) is 6.50. The second-order valence-electron chi connectivity index (χ2n) is 19.9. The normalized spacial score (nSPS) is 11.7. The third kappa shape index (κ3) is 42.6. The number of carbonyl (C=O) groups excluding carboxylic acids is 7. The number of aliphatic hydroxyl groups excluding tert-OH is 3. The van der Waals surface area contributed by atoms with Gasteiger partial charge in [-0.25, -0.2) is 33.6 Å². The van der Waals surface area contributed by atoms with Crippen molar-refractivity contribution in [1.29, 1.82) is 0 Å². The molecule has 7 rings (SSSR count). The molecule has 95 heavy (non-hydrogen) atoms. The summed E-state index contributed by atoms with van der Waals surface area (Å²) in [7, 11) is 0. The standard InChI is InChI=1S/2C21H20O4.3C12H14O3/c1-17(25-21(23)15-13-19-10-6-3-7-11-19)16-24-20(22)14-12-18-8-4-2-5-9-18;22-20(14-12-18-8-3-1-4-9-18)24-16-7-17-25-21(23)15-13-19-10-5-2-6-11-19;1-10(13)9-15-12(14)8-7-11-5-3-2-4-6-11;1-10(9-13)15-12(14)8-7-11-5-3-2-4-6-11;13-9-4-10-15-12(14)8-7-11-5-2-1-3-6-11/h2-15,17H,16H2,1H3;1-6,8-15H,7,16-17H2;2*2-8,10,13H,9H2,1H3;1-3,5-8,13H,4,9-10H2/b2*14-12+,15-13+;3*8-7+. The number of benzene rings is 7. The molecule has 3 unspecified atom stereocenters. The summed E-state index contributed by atoms with van der Waals surface area (Å²) in [5, 5.41) is 26.0. The molecule has 0 fully saturated rings. The topological polar surface area (TPSA) is 245 Å². The molecule has 7 aromatic rings. The minimum atomic E-state index is -0.626. The van der Waals surface area contributed by atoms with Gasteiger partial charge in [0.2, 0.25) is 0 Å². The Balaban J connectivity index is 0.000000317. The lowest BCUT2D eigenvalue weighted by atomic mass is 10.2. The number of carbonyl (C=O) groups is 7. The summed E-state index contributed by atoms with van der Waals surface area (Å²) in [6.45, 7) is 5.43. The fraction of sp³-hybridized carbons (Fsp3) is 0.192. The van der Waals surface area contributed by atoms with E-state index in [0.717, 1.165) is 38.9 Å². The van der Waals surface area contributed by atoms with E-state index in [1.54, 1.807) is 63.3 Å². The molecule has 0 radical (unpaired) electrons. The van der Waals surface area contributed by atoms with E-state index in [2.05, 4.69) is 0 Å². The fourth-order valence-corrected chi connectivity index (χ4v) is 6.93. The van der Waals surface area contributed by atoms with Gasteiger partial charge in [0.05, 0.1) is 32.5 Å². The van der Waals surface area contributed by atoms with Crippen molar-refractivity contribution in [1.82, 2.24) is 0 Å². The zero-order valence-corrected chi connectivity index (χ0v) is 53.4. The van der Waals surface area contributed by atoms with Crippen LogP contribution in [-0.4, -0.2) is 122 Å². The van der Waals surface area contributed by atoms with Crippen molar-refractivity contribution in [3.05, 3.63) is 294 Å². The second kappa shape index (κ2) is 50.5. The first-order valence-corrected chi connectivity index (χ1v) is 30.4. The van der Waals surface area contributed by atoms with Crippen LogP contribution in [-0.2, 0) is 66.7 Å². The number of hydrogen-bond donors (Lipinski definition) is 3. The van der Waals surface area contributed by atoms with E-state index in [4.69, 9.17) is 48.5 Å². The maximum Gasteiger partial charge on any atom is 0.331 e. The van der Waals surface area contributed by atoms with Crippen LogP contribution >= 0.6 is 0 Å². The minimum absolute atomic E-state index is 0.00286. The van der Waals surface area contributed by atoms with E-state index in [1.165, 1.54) is 42.5 Å². The highest BCUT2D eigenvalue weighted by molar-refractivity contribution is 5.90. The van der Waals surface area contributed by atoms with Crippen molar-refractivity contribution < 1.29 is 82.0 Å². The summed E-state index contributed by atoms with van der Waals surface area (Å²) in [5.74, 6) is -3.07. The number of rotatable bonds is 28. The predicted octanol–water partition coefficient (Wildman–Crippen LogP) is 12.7. The fourth-order valence-electron chi connectivity index (χ4n) is 6.93. The van der Waals surface area contributed by atoms with Gasteiger partial charge >= 0.3 is 41.8 Å². The Morgan fingerprint density at radius 3 is 0.768 bits per heavy atom. The molecule has 3 N–H and O–H groups in total. The van der Waals surface area contributed by atoms with Gasteiger partial charge in [-0.15, -0.1) is 0 Å². The van der Waals surface area contributed by atoms with Crippen LogP contribution in [0.5, 0.6) is 0 Å². The molecular weight excluding hydrogens is 1210 g/mol. The van der Waals surface area contributed by atoms with E-state index in [9.17, 15) is 33.6 Å². The highest BCUT2D eigenvalue weighted by Crippen LogP contribution is 2.08. The van der Waals surface area contributed by atoms with Crippen LogP contribution in [0.15, 0.2) is 255 Å². The van der Waals surface area contributed by atoms with E-state index in [0.29, 0.717) is 12.8 Å². The Labute approximate surface area is 555 Å². The van der Waals surface area contributed by atoms with Crippen LogP contribution in [0.25, 0.3) is 42.5 Å². The molecule has 0 aliphatic rings.